The van der Waals surface area contributed by atoms with Crippen molar-refractivity contribution in [2.75, 3.05) is 23.1 Å². The van der Waals surface area contributed by atoms with E-state index in [1.54, 1.807) is 11.8 Å². The van der Waals surface area contributed by atoms with Gasteiger partial charge < -0.3 is 11.1 Å². The molecule has 0 atom stereocenters. The Morgan fingerprint density at radius 3 is 2.65 bits per heavy atom. The summed E-state index contributed by atoms with van der Waals surface area (Å²) in [5.41, 5.74) is 5.78. The van der Waals surface area contributed by atoms with Gasteiger partial charge in [0.1, 0.15) is 0 Å². The van der Waals surface area contributed by atoms with Crippen LogP contribution in [-0.2, 0) is 9.59 Å². The van der Waals surface area contributed by atoms with Gasteiger partial charge in [-0.1, -0.05) is 12.1 Å². The van der Waals surface area contributed by atoms with Crippen LogP contribution in [0.5, 0.6) is 0 Å². The standard InChI is InChI=1S/C11H14N2O2S2/c1-16-9-5-3-2-4-8(9)13-11(15)7-17-6-10(12)14/h2-5H,6-7H2,1H3,(H2,12,14)(H,13,15). The minimum atomic E-state index is -0.410. The lowest BCUT2D eigenvalue weighted by molar-refractivity contribution is -0.115. The topological polar surface area (TPSA) is 72.2 Å². The Morgan fingerprint density at radius 2 is 2.00 bits per heavy atom. The summed E-state index contributed by atoms with van der Waals surface area (Å²) in [6.07, 6.45) is 1.95. The van der Waals surface area contributed by atoms with Crippen LogP contribution in [-0.4, -0.2) is 29.6 Å². The molecule has 3 N–H and O–H groups in total. The van der Waals surface area contributed by atoms with Crippen molar-refractivity contribution in [1.82, 2.24) is 0 Å². The largest absolute Gasteiger partial charge is 0.369 e. The normalized spacial score (nSPS) is 9.94. The Labute approximate surface area is 109 Å². The number of amides is 2. The summed E-state index contributed by atoms with van der Waals surface area (Å²) < 4.78 is 0. The Balaban J connectivity index is 2.47. The molecule has 0 aliphatic rings. The molecule has 0 saturated heterocycles. The molecular weight excluding hydrogens is 256 g/mol. The highest BCUT2D eigenvalue weighted by atomic mass is 32.2. The number of benzene rings is 1. The van der Waals surface area contributed by atoms with Crippen LogP contribution in [0.15, 0.2) is 29.2 Å². The fourth-order valence-electron chi connectivity index (χ4n) is 1.18. The third kappa shape index (κ3) is 5.14. The fourth-order valence-corrected chi connectivity index (χ4v) is 2.29. The molecule has 0 fully saturated rings. The average Bonchev–Trinajstić information content (AvgIpc) is 2.29. The summed E-state index contributed by atoms with van der Waals surface area (Å²) in [5.74, 6) is -0.145. The number of thioether (sulfide) groups is 2. The molecule has 1 rings (SSSR count). The molecule has 1 aromatic rings. The molecule has 6 heteroatoms. The van der Waals surface area contributed by atoms with Crippen LogP contribution in [0.4, 0.5) is 5.69 Å². The molecule has 2 amide bonds. The van der Waals surface area contributed by atoms with E-state index in [0.29, 0.717) is 0 Å². The van der Waals surface area contributed by atoms with Gasteiger partial charge in [0.15, 0.2) is 0 Å². The van der Waals surface area contributed by atoms with Crippen LogP contribution in [0.1, 0.15) is 0 Å². The number of rotatable bonds is 6. The highest BCUT2D eigenvalue weighted by Crippen LogP contribution is 2.24. The van der Waals surface area contributed by atoms with Crippen LogP contribution < -0.4 is 11.1 Å². The molecular formula is C11H14N2O2S2. The minimum absolute atomic E-state index is 0.127. The maximum Gasteiger partial charge on any atom is 0.234 e. The van der Waals surface area contributed by atoms with E-state index in [0.717, 1.165) is 10.6 Å². The lowest BCUT2D eigenvalue weighted by Gasteiger charge is -2.08. The van der Waals surface area contributed by atoms with Gasteiger partial charge >= 0.3 is 0 Å². The van der Waals surface area contributed by atoms with Gasteiger partial charge in [-0.05, 0) is 18.4 Å². The van der Waals surface area contributed by atoms with E-state index in [4.69, 9.17) is 5.73 Å². The number of hydrogen-bond donors (Lipinski definition) is 2. The molecule has 17 heavy (non-hydrogen) atoms. The van der Waals surface area contributed by atoms with Gasteiger partial charge in [-0.25, -0.2) is 0 Å². The average molecular weight is 270 g/mol. The maximum absolute atomic E-state index is 11.6. The number of carbonyl (C=O) groups excluding carboxylic acids is 2. The zero-order chi connectivity index (χ0) is 12.7. The molecule has 0 bridgehead atoms. The second-order valence-electron chi connectivity index (χ2n) is 3.21. The van der Waals surface area contributed by atoms with Gasteiger partial charge in [-0.2, -0.15) is 0 Å². The van der Waals surface area contributed by atoms with E-state index in [2.05, 4.69) is 5.32 Å². The first-order chi connectivity index (χ1) is 8.13. The Hall–Kier alpha value is -1.14. The van der Waals surface area contributed by atoms with Crippen molar-refractivity contribution in [3.8, 4) is 0 Å². The number of carbonyl (C=O) groups is 2. The van der Waals surface area contributed by atoms with Crippen molar-refractivity contribution in [1.29, 1.82) is 0 Å². The van der Waals surface area contributed by atoms with Crippen molar-refractivity contribution in [2.45, 2.75) is 4.90 Å². The van der Waals surface area contributed by atoms with Gasteiger partial charge in [0.2, 0.25) is 11.8 Å². The third-order valence-electron chi connectivity index (χ3n) is 1.86. The van der Waals surface area contributed by atoms with Gasteiger partial charge in [-0.15, -0.1) is 23.5 Å². The van der Waals surface area contributed by atoms with Crippen LogP contribution in [0.25, 0.3) is 0 Å². The van der Waals surface area contributed by atoms with Crippen molar-refractivity contribution in [3.05, 3.63) is 24.3 Å². The Kier molecular flexibility index (Phi) is 5.93. The van der Waals surface area contributed by atoms with E-state index in [-0.39, 0.29) is 17.4 Å². The van der Waals surface area contributed by atoms with E-state index in [1.165, 1.54) is 11.8 Å². The van der Waals surface area contributed by atoms with Crippen LogP contribution >= 0.6 is 23.5 Å². The number of hydrogen-bond acceptors (Lipinski definition) is 4. The fraction of sp³-hybridized carbons (Fsp3) is 0.273. The molecule has 1 aromatic carbocycles. The zero-order valence-corrected chi connectivity index (χ0v) is 11.1. The van der Waals surface area contributed by atoms with Crippen LogP contribution in [0.3, 0.4) is 0 Å². The lowest BCUT2D eigenvalue weighted by Crippen LogP contribution is -2.18. The molecule has 0 heterocycles. The first-order valence-corrected chi connectivity index (χ1v) is 7.30. The SMILES string of the molecule is CSc1ccccc1NC(=O)CSCC(N)=O. The molecule has 4 nitrogen and oxygen atoms in total. The van der Waals surface area contributed by atoms with Crippen molar-refractivity contribution in [3.63, 3.8) is 0 Å². The van der Waals surface area contributed by atoms with E-state index >= 15 is 0 Å². The number of nitrogens with two attached hydrogens (primary N) is 1. The lowest BCUT2D eigenvalue weighted by atomic mass is 10.3. The van der Waals surface area contributed by atoms with E-state index in [9.17, 15) is 9.59 Å². The first kappa shape index (κ1) is 13.9. The summed E-state index contributed by atoms with van der Waals surface area (Å²) in [6, 6.07) is 7.58. The summed E-state index contributed by atoms with van der Waals surface area (Å²) in [4.78, 5) is 23.1. The highest BCUT2D eigenvalue weighted by Gasteiger charge is 2.06. The molecule has 0 radical (unpaired) electrons. The smallest absolute Gasteiger partial charge is 0.234 e. The Bertz CT molecular complexity index is 410. The quantitative estimate of drug-likeness (QED) is 0.770. The summed E-state index contributed by atoms with van der Waals surface area (Å²) in [5, 5.41) is 2.80. The van der Waals surface area contributed by atoms with E-state index < -0.39 is 5.91 Å². The zero-order valence-electron chi connectivity index (χ0n) is 9.43. The molecule has 0 aromatic heterocycles. The van der Waals surface area contributed by atoms with Crippen LogP contribution in [0.2, 0.25) is 0 Å². The summed E-state index contributed by atoms with van der Waals surface area (Å²) in [7, 11) is 0. The Morgan fingerprint density at radius 1 is 1.29 bits per heavy atom. The van der Waals surface area contributed by atoms with Crippen molar-refractivity contribution < 1.29 is 9.59 Å². The number of para-hydroxylation sites is 1. The molecule has 0 aliphatic heterocycles. The molecule has 0 spiro atoms. The third-order valence-corrected chi connectivity index (χ3v) is 3.61. The maximum atomic E-state index is 11.6. The number of anilines is 1. The molecule has 92 valence electrons. The van der Waals surface area contributed by atoms with Gasteiger partial charge in [-0.3, -0.25) is 9.59 Å². The summed E-state index contributed by atoms with van der Waals surface area (Å²) >= 11 is 2.78. The molecule has 0 saturated carbocycles. The second kappa shape index (κ2) is 7.24. The molecule has 0 aliphatic carbocycles. The highest BCUT2D eigenvalue weighted by molar-refractivity contribution is 8.00. The number of nitrogens with one attached hydrogen (secondary N) is 1. The van der Waals surface area contributed by atoms with Crippen molar-refractivity contribution >= 4 is 41.0 Å². The second-order valence-corrected chi connectivity index (χ2v) is 5.04. The number of primary amides is 1. The summed E-state index contributed by atoms with van der Waals surface area (Å²) in [6.45, 7) is 0. The van der Waals surface area contributed by atoms with Gasteiger partial charge in [0, 0.05) is 4.90 Å². The first-order valence-electron chi connectivity index (χ1n) is 4.92. The van der Waals surface area contributed by atoms with Crippen LogP contribution in [0, 0.1) is 0 Å². The monoisotopic (exact) mass is 270 g/mol. The predicted octanol–water partition coefficient (Wildman–Crippen LogP) is 1.57. The van der Waals surface area contributed by atoms with Gasteiger partial charge in [0.25, 0.3) is 0 Å². The van der Waals surface area contributed by atoms with Gasteiger partial charge in [0.05, 0.1) is 17.2 Å². The molecule has 0 unspecified atom stereocenters. The minimum Gasteiger partial charge on any atom is -0.369 e. The van der Waals surface area contributed by atoms with E-state index in [1.807, 2.05) is 30.5 Å². The predicted molar refractivity (Wildman–Crippen MR) is 73.4 cm³/mol. The van der Waals surface area contributed by atoms with Crippen molar-refractivity contribution in [2.24, 2.45) is 5.73 Å².